The van der Waals surface area contributed by atoms with E-state index in [1.165, 1.54) is 21.6 Å². The molecule has 0 aromatic heterocycles. The molecule has 0 unspecified atom stereocenters. The Balaban J connectivity index is 1.34. The van der Waals surface area contributed by atoms with Gasteiger partial charge < -0.3 is 0 Å². The van der Waals surface area contributed by atoms with Crippen LogP contribution in [-0.4, -0.2) is 11.6 Å². The summed E-state index contributed by atoms with van der Waals surface area (Å²) in [6.45, 7) is 0. The summed E-state index contributed by atoms with van der Waals surface area (Å²) in [5.74, 6) is 0.0841. The Hall–Kier alpha value is -2.72. The maximum atomic E-state index is 13.2. The number of hydrogen-bond acceptors (Lipinski definition) is 8. The zero-order valence-electron chi connectivity index (χ0n) is 22.0. The smallest absolute Gasteiger partial charge is 0.200 e. The zero-order chi connectivity index (χ0) is 28.7. The number of hydrogen-bond donors (Lipinski definition) is 0. The Kier molecular flexibility index (Phi) is 9.90. The molecule has 0 amide bonds. The highest BCUT2D eigenvalue weighted by molar-refractivity contribution is 8.85. The minimum Gasteiger partial charge on any atom is -0.288 e. The van der Waals surface area contributed by atoms with Gasteiger partial charge in [-0.05, 0) is 44.9 Å². The van der Waals surface area contributed by atoms with Crippen molar-refractivity contribution in [1.82, 2.24) is 0 Å². The highest BCUT2D eigenvalue weighted by Gasteiger charge is 2.26. The Morgan fingerprint density at radius 3 is 1.05 bits per heavy atom. The number of Topliss-reactive ketones (excluding diaryl/α,β-unsaturated/α-hetero) is 2. The molecule has 0 radical (unpaired) electrons. The first-order chi connectivity index (χ1) is 20.7. The van der Waals surface area contributed by atoms with Crippen LogP contribution in [-0.2, 0) is 0 Å². The molecule has 0 saturated carbocycles. The summed E-state index contributed by atoms with van der Waals surface area (Å²) in [5.41, 5.74) is 3.59. The van der Waals surface area contributed by atoms with Crippen molar-refractivity contribution in [2.75, 3.05) is 0 Å². The second kappa shape index (κ2) is 14.2. The molecule has 2 nitrogen and oxygen atoms in total. The highest BCUT2D eigenvalue weighted by atomic mass is 33.1. The van der Waals surface area contributed by atoms with E-state index in [9.17, 15) is 9.59 Å². The van der Waals surface area contributed by atoms with Crippen LogP contribution >= 0.6 is 64.8 Å². The van der Waals surface area contributed by atoms with Gasteiger partial charge in [-0.15, -0.1) is 0 Å². The molecule has 2 aliphatic rings. The summed E-state index contributed by atoms with van der Waals surface area (Å²) in [4.78, 5) is 32.1. The summed E-state index contributed by atoms with van der Waals surface area (Å²) in [5, 5.41) is 0. The van der Waals surface area contributed by atoms with Crippen LogP contribution in [0.1, 0.15) is 31.8 Å². The van der Waals surface area contributed by atoms with Gasteiger partial charge in [-0.3, -0.25) is 9.59 Å². The third kappa shape index (κ3) is 6.91. The lowest BCUT2D eigenvalue weighted by atomic mass is 10.1. The number of carbonyl (C=O) groups is 2. The summed E-state index contributed by atoms with van der Waals surface area (Å²) in [6.07, 6.45) is 4.04. The van der Waals surface area contributed by atoms with E-state index in [4.69, 9.17) is 0 Å². The molecule has 0 bridgehead atoms. The van der Waals surface area contributed by atoms with Gasteiger partial charge in [0.1, 0.15) is 0 Å². The van der Waals surface area contributed by atoms with Crippen LogP contribution in [0.4, 0.5) is 0 Å². The first kappa shape index (κ1) is 29.4. The normalized spacial score (nSPS) is 17.0. The van der Waals surface area contributed by atoms with Crippen LogP contribution in [0.25, 0.3) is 9.81 Å². The second-order valence-electron chi connectivity index (χ2n) is 9.03. The van der Waals surface area contributed by atoms with Gasteiger partial charge in [-0.2, -0.15) is 0 Å². The minimum absolute atomic E-state index is 0.0420. The van der Waals surface area contributed by atoms with Gasteiger partial charge in [0, 0.05) is 30.7 Å². The van der Waals surface area contributed by atoms with Crippen LogP contribution < -0.4 is 0 Å². The first-order valence-electron chi connectivity index (χ1n) is 12.9. The molecule has 4 aromatic rings. The Morgan fingerprint density at radius 2 is 0.714 bits per heavy atom. The number of benzene rings is 4. The topological polar surface area (TPSA) is 34.1 Å². The fraction of sp³-hybridized carbons (Fsp3) is 0. The van der Waals surface area contributed by atoms with Gasteiger partial charge in [0.05, 0.1) is 9.81 Å². The van der Waals surface area contributed by atoms with Crippen molar-refractivity contribution in [3.05, 3.63) is 175 Å². The van der Waals surface area contributed by atoms with Gasteiger partial charge in [-0.1, -0.05) is 165 Å². The lowest BCUT2D eigenvalue weighted by Crippen LogP contribution is -1.98. The number of allylic oxidation sites excluding steroid dienone is 4. The fourth-order valence-electron chi connectivity index (χ4n) is 4.12. The van der Waals surface area contributed by atoms with Crippen molar-refractivity contribution in [2.45, 2.75) is 0 Å². The van der Waals surface area contributed by atoms with Crippen LogP contribution in [0.5, 0.6) is 0 Å². The van der Waals surface area contributed by atoms with Crippen molar-refractivity contribution in [2.24, 2.45) is 0 Å². The minimum atomic E-state index is 0.0420. The Bertz CT molecular complexity index is 1600. The van der Waals surface area contributed by atoms with Gasteiger partial charge in [0.15, 0.2) is 11.6 Å². The van der Waals surface area contributed by atoms with E-state index in [1.54, 1.807) is 43.2 Å². The van der Waals surface area contributed by atoms with Crippen molar-refractivity contribution < 1.29 is 9.59 Å². The van der Waals surface area contributed by atoms with Crippen LogP contribution in [0.2, 0.25) is 0 Å². The molecule has 8 heteroatoms. The van der Waals surface area contributed by atoms with Crippen LogP contribution in [0, 0.1) is 0 Å². The van der Waals surface area contributed by atoms with Gasteiger partial charge >= 0.3 is 0 Å². The van der Waals surface area contributed by atoms with Crippen LogP contribution in [0.3, 0.4) is 0 Å². The SMILES string of the molecule is O=C(C1=C/C(=C(\SS/C(=C2\C=C(C(=O)c3ccccc3)SS2)c2ccccc2)c2ccccc2)SS1)c1ccccc1. The largest absolute Gasteiger partial charge is 0.288 e. The van der Waals surface area contributed by atoms with E-state index in [1.807, 2.05) is 109 Å². The van der Waals surface area contributed by atoms with E-state index in [-0.39, 0.29) is 11.6 Å². The molecular weight excluding hydrogens is 633 g/mol. The third-order valence-corrected chi connectivity index (χ3v) is 13.8. The molecule has 0 N–H and O–H groups in total. The fourth-order valence-corrected chi connectivity index (χ4v) is 12.3. The van der Waals surface area contributed by atoms with E-state index in [2.05, 4.69) is 24.3 Å². The Labute approximate surface area is 269 Å². The molecule has 0 saturated heterocycles. The predicted octanol–water partition coefficient (Wildman–Crippen LogP) is 11.4. The molecule has 4 aromatic carbocycles. The van der Waals surface area contributed by atoms with Gasteiger partial charge in [0.2, 0.25) is 0 Å². The molecule has 2 aliphatic heterocycles. The summed E-state index contributed by atoms with van der Waals surface area (Å²) in [6, 6.07) is 39.5. The number of carbonyl (C=O) groups excluding carboxylic acids is 2. The molecule has 206 valence electrons. The summed E-state index contributed by atoms with van der Waals surface area (Å²) < 4.78 is 0. The van der Waals surface area contributed by atoms with E-state index in [0.717, 1.165) is 40.6 Å². The summed E-state index contributed by atoms with van der Waals surface area (Å²) >= 11 is 0. The van der Waals surface area contributed by atoms with Crippen molar-refractivity contribution in [3.8, 4) is 0 Å². The molecule has 0 spiro atoms. The average Bonchev–Trinajstić information content (AvgIpc) is 3.75. The lowest BCUT2D eigenvalue weighted by Gasteiger charge is -2.13. The highest BCUT2D eigenvalue weighted by Crippen LogP contribution is 2.58. The molecule has 6 rings (SSSR count). The lowest BCUT2D eigenvalue weighted by molar-refractivity contribution is 0.103. The number of rotatable bonds is 9. The molecule has 42 heavy (non-hydrogen) atoms. The average molecular weight is 655 g/mol. The molecule has 0 aliphatic carbocycles. The summed E-state index contributed by atoms with van der Waals surface area (Å²) in [7, 11) is 9.66. The van der Waals surface area contributed by atoms with E-state index >= 15 is 0 Å². The first-order valence-corrected chi connectivity index (χ1v) is 19.4. The van der Waals surface area contributed by atoms with Crippen molar-refractivity contribution >= 4 is 86.1 Å². The van der Waals surface area contributed by atoms with Crippen LogP contribution in [0.15, 0.2) is 153 Å². The van der Waals surface area contributed by atoms with Crippen molar-refractivity contribution in [3.63, 3.8) is 0 Å². The van der Waals surface area contributed by atoms with E-state index < -0.39 is 0 Å². The monoisotopic (exact) mass is 654 g/mol. The predicted molar refractivity (Wildman–Crippen MR) is 190 cm³/mol. The Morgan fingerprint density at radius 1 is 0.405 bits per heavy atom. The van der Waals surface area contributed by atoms with Gasteiger partial charge in [-0.25, -0.2) is 0 Å². The quantitative estimate of drug-likeness (QED) is 0.130. The van der Waals surface area contributed by atoms with Crippen molar-refractivity contribution in [1.29, 1.82) is 0 Å². The standard InChI is InChI=1S/C34H22O2S6/c35-31(23-13-5-1-6-14-23)27-21-29(39-37-27)33(25-17-9-3-10-18-25)41-42-34(26-19-11-4-12-20-26)30-22-28(38-40-30)32(36)24-15-7-2-8-16-24/h1-22H/b33-29+,34-30+. The number of ketones is 2. The molecule has 0 atom stereocenters. The second-order valence-corrected chi connectivity index (χ2v) is 15.6. The van der Waals surface area contributed by atoms with Gasteiger partial charge in [0.25, 0.3) is 0 Å². The third-order valence-electron chi connectivity index (χ3n) is 6.21. The zero-order valence-corrected chi connectivity index (χ0v) is 26.9. The maximum absolute atomic E-state index is 13.2. The van der Waals surface area contributed by atoms with E-state index in [0.29, 0.717) is 11.1 Å². The molecular formula is C34H22O2S6. The molecule has 0 fully saturated rings. The maximum Gasteiger partial charge on any atom is 0.200 e. The molecule has 2 heterocycles.